The smallest absolute Gasteiger partial charge is 0.307 e. The number of nitrogens with zero attached hydrogens (tertiary/aromatic N) is 8. The Morgan fingerprint density at radius 2 is 1.03 bits per heavy atom. The third kappa shape index (κ3) is 6.37. The molecule has 2 saturated heterocycles. The molecule has 0 N–H and O–H groups in total. The molecule has 0 amide bonds. The van der Waals surface area contributed by atoms with Crippen LogP contribution in [0.15, 0.2) is 24.8 Å². The molecule has 38 heavy (non-hydrogen) atoms. The van der Waals surface area contributed by atoms with Crippen LogP contribution in [-0.2, 0) is 9.47 Å². The molecule has 2 aromatic rings. The number of aromatic nitrogens is 4. The molecular weight excluding hydrogens is 496 g/mol. The Morgan fingerprint density at radius 3 is 1.37 bits per heavy atom. The number of hydrogen-bond donors (Lipinski definition) is 0. The molecular formula is C24H36N8O6. The molecule has 0 radical (unpaired) electrons. The fraction of sp³-hybridized carbons (Fsp3) is 0.750. The normalized spacial score (nSPS) is 28.6. The van der Waals surface area contributed by atoms with E-state index in [4.69, 9.17) is 9.47 Å². The predicted molar refractivity (Wildman–Crippen MR) is 136 cm³/mol. The van der Waals surface area contributed by atoms with E-state index in [0.29, 0.717) is 24.2 Å². The van der Waals surface area contributed by atoms with Crippen LogP contribution >= 0.6 is 0 Å². The Balaban J connectivity index is 0.000000155. The summed E-state index contributed by atoms with van der Waals surface area (Å²) in [5, 5.41) is 29.6. The molecule has 4 atom stereocenters. The first-order valence-electron chi connectivity index (χ1n) is 13.5. The Bertz CT molecular complexity index is 995. The highest BCUT2D eigenvalue weighted by molar-refractivity contribution is 5.22. The van der Waals surface area contributed by atoms with Gasteiger partial charge >= 0.3 is 11.4 Å². The summed E-state index contributed by atoms with van der Waals surface area (Å²) in [7, 11) is 0. The summed E-state index contributed by atoms with van der Waals surface area (Å²) in [5.74, 6) is 0. The van der Waals surface area contributed by atoms with Gasteiger partial charge in [0.1, 0.15) is 24.8 Å². The molecule has 2 aromatic heterocycles. The molecule has 4 aliphatic rings. The van der Waals surface area contributed by atoms with Crippen LogP contribution in [0.2, 0.25) is 0 Å². The molecule has 208 valence electrons. The standard InChI is InChI=1S/2C12H18N4O3/c2*17-16(18)12-8-13-15(9-12)11-2-1-10(7-11)14-3-5-19-6-4-14/h2*8-11H,1-7H2. The van der Waals surface area contributed by atoms with Crippen molar-refractivity contribution in [3.8, 4) is 0 Å². The maximum atomic E-state index is 10.7. The van der Waals surface area contributed by atoms with E-state index in [9.17, 15) is 20.2 Å². The van der Waals surface area contributed by atoms with Crippen molar-refractivity contribution >= 4 is 11.4 Å². The lowest BCUT2D eigenvalue weighted by Crippen LogP contribution is -2.42. The second-order valence-electron chi connectivity index (χ2n) is 10.4. The Labute approximate surface area is 220 Å². The molecule has 0 spiro atoms. The molecule has 2 saturated carbocycles. The van der Waals surface area contributed by atoms with Gasteiger partial charge in [-0.15, -0.1) is 0 Å². The second-order valence-corrected chi connectivity index (χ2v) is 10.4. The zero-order valence-electron chi connectivity index (χ0n) is 21.5. The molecule has 4 unspecified atom stereocenters. The molecule has 2 aliphatic carbocycles. The van der Waals surface area contributed by atoms with Gasteiger partial charge in [0.15, 0.2) is 0 Å². The lowest BCUT2D eigenvalue weighted by molar-refractivity contribution is -0.385. The fourth-order valence-electron chi connectivity index (χ4n) is 6.14. The second kappa shape index (κ2) is 12.3. The largest absolute Gasteiger partial charge is 0.379 e. The van der Waals surface area contributed by atoms with Gasteiger partial charge in [-0.3, -0.25) is 39.4 Å². The van der Waals surface area contributed by atoms with Crippen molar-refractivity contribution in [3.63, 3.8) is 0 Å². The molecule has 6 rings (SSSR count). The van der Waals surface area contributed by atoms with Crippen molar-refractivity contribution in [2.75, 3.05) is 52.6 Å². The minimum Gasteiger partial charge on any atom is -0.379 e. The quantitative estimate of drug-likeness (QED) is 0.401. The molecule has 0 bridgehead atoms. The zero-order valence-corrected chi connectivity index (χ0v) is 21.5. The fourth-order valence-corrected chi connectivity index (χ4v) is 6.14. The van der Waals surface area contributed by atoms with E-state index in [1.54, 1.807) is 21.8 Å². The van der Waals surface area contributed by atoms with Crippen LogP contribution in [0.3, 0.4) is 0 Å². The van der Waals surface area contributed by atoms with E-state index >= 15 is 0 Å². The van der Waals surface area contributed by atoms with Crippen molar-refractivity contribution in [3.05, 3.63) is 45.0 Å². The Morgan fingerprint density at radius 1 is 0.658 bits per heavy atom. The van der Waals surface area contributed by atoms with Crippen molar-refractivity contribution in [2.45, 2.75) is 62.7 Å². The molecule has 2 aliphatic heterocycles. The first kappa shape index (κ1) is 26.7. The van der Waals surface area contributed by atoms with E-state index in [0.717, 1.165) is 91.1 Å². The van der Waals surface area contributed by atoms with E-state index < -0.39 is 9.85 Å². The van der Waals surface area contributed by atoms with Gasteiger partial charge in [-0.2, -0.15) is 10.2 Å². The number of hydrogen-bond acceptors (Lipinski definition) is 10. The minimum absolute atomic E-state index is 0.0785. The van der Waals surface area contributed by atoms with Gasteiger partial charge in [0.25, 0.3) is 0 Å². The average Bonchev–Trinajstić information content (AvgIpc) is 3.76. The van der Waals surface area contributed by atoms with Crippen molar-refractivity contribution in [2.24, 2.45) is 0 Å². The Hall–Kier alpha value is -2.94. The number of ether oxygens (including phenoxy) is 2. The van der Waals surface area contributed by atoms with Crippen LogP contribution in [0, 0.1) is 20.2 Å². The van der Waals surface area contributed by atoms with E-state index in [-0.39, 0.29) is 11.4 Å². The average molecular weight is 533 g/mol. The highest BCUT2D eigenvalue weighted by Gasteiger charge is 2.33. The van der Waals surface area contributed by atoms with Gasteiger partial charge in [0, 0.05) is 38.3 Å². The molecule has 14 heteroatoms. The van der Waals surface area contributed by atoms with Crippen LogP contribution in [0.5, 0.6) is 0 Å². The summed E-state index contributed by atoms with van der Waals surface area (Å²) >= 11 is 0. The van der Waals surface area contributed by atoms with Gasteiger partial charge in [0.05, 0.1) is 48.4 Å². The summed E-state index contributed by atoms with van der Waals surface area (Å²) in [4.78, 5) is 25.5. The van der Waals surface area contributed by atoms with Crippen LogP contribution in [-0.4, -0.2) is 104 Å². The predicted octanol–water partition coefficient (Wildman–Crippen LogP) is 2.43. The van der Waals surface area contributed by atoms with E-state index in [1.807, 2.05) is 0 Å². The Kier molecular flexibility index (Phi) is 8.61. The molecule has 14 nitrogen and oxygen atoms in total. The number of nitro groups is 2. The SMILES string of the molecule is O=[N+]([O-])c1cnn(C2CCC(N3CCOCC3)C2)c1.O=[N+]([O-])c1cnn(C2CCC(N3CCOCC3)C2)c1. The van der Waals surface area contributed by atoms with E-state index in [1.165, 1.54) is 12.4 Å². The highest BCUT2D eigenvalue weighted by atomic mass is 16.6. The lowest BCUT2D eigenvalue weighted by atomic mass is 10.2. The van der Waals surface area contributed by atoms with Gasteiger partial charge in [-0.05, 0) is 38.5 Å². The van der Waals surface area contributed by atoms with Gasteiger partial charge in [-0.25, -0.2) is 0 Å². The van der Waals surface area contributed by atoms with Crippen molar-refractivity contribution in [1.82, 2.24) is 29.4 Å². The molecule has 4 fully saturated rings. The van der Waals surface area contributed by atoms with Crippen LogP contribution in [0.1, 0.15) is 50.6 Å². The summed E-state index contributed by atoms with van der Waals surface area (Å²) in [6.07, 6.45) is 12.2. The van der Waals surface area contributed by atoms with E-state index in [2.05, 4.69) is 20.0 Å². The monoisotopic (exact) mass is 532 g/mol. The highest BCUT2D eigenvalue weighted by Crippen LogP contribution is 2.34. The van der Waals surface area contributed by atoms with Crippen LogP contribution in [0.25, 0.3) is 0 Å². The molecule has 4 heterocycles. The maximum absolute atomic E-state index is 10.7. The first-order valence-corrected chi connectivity index (χ1v) is 13.5. The van der Waals surface area contributed by atoms with Crippen LogP contribution in [0.4, 0.5) is 11.4 Å². The van der Waals surface area contributed by atoms with Crippen LogP contribution < -0.4 is 0 Å². The number of morpholine rings is 2. The van der Waals surface area contributed by atoms with Gasteiger partial charge in [0.2, 0.25) is 0 Å². The minimum atomic E-state index is -0.391. The van der Waals surface area contributed by atoms with Crippen molar-refractivity contribution < 1.29 is 19.3 Å². The zero-order chi connectivity index (χ0) is 26.5. The summed E-state index contributed by atoms with van der Waals surface area (Å²) in [6, 6.07) is 1.72. The third-order valence-electron chi connectivity index (χ3n) is 8.22. The topological polar surface area (TPSA) is 147 Å². The maximum Gasteiger partial charge on any atom is 0.307 e. The first-order chi connectivity index (χ1) is 18.5. The van der Waals surface area contributed by atoms with Gasteiger partial charge < -0.3 is 9.47 Å². The van der Waals surface area contributed by atoms with Gasteiger partial charge in [-0.1, -0.05) is 0 Å². The molecule has 0 aromatic carbocycles. The number of rotatable bonds is 6. The summed E-state index contributed by atoms with van der Waals surface area (Å²) < 4.78 is 14.3. The summed E-state index contributed by atoms with van der Waals surface area (Å²) in [5.41, 5.74) is 0.157. The lowest BCUT2D eigenvalue weighted by Gasteiger charge is -2.32. The van der Waals surface area contributed by atoms with Crippen molar-refractivity contribution in [1.29, 1.82) is 0 Å². The summed E-state index contributed by atoms with van der Waals surface area (Å²) in [6.45, 7) is 7.24. The third-order valence-corrected chi connectivity index (χ3v) is 8.22.